The van der Waals surface area contributed by atoms with Crippen LogP contribution in [0.4, 0.5) is 0 Å². The van der Waals surface area contributed by atoms with Crippen molar-refractivity contribution in [1.29, 1.82) is 0 Å². The fraction of sp³-hybridized carbons (Fsp3) is 0.0192. The Morgan fingerprint density at radius 3 is 1.94 bits per heavy atom. The second-order valence-corrected chi connectivity index (χ2v) is 14.6. The third-order valence-electron chi connectivity index (χ3n) is 12.0. The molecule has 10 aromatic rings. The summed E-state index contributed by atoms with van der Waals surface area (Å²) in [6.07, 6.45) is 0. The van der Waals surface area contributed by atoms with Crippen LogP contribution in [0.25, 0.3) is 83.0 Å². The number of hydrogen-bond acceptors (Lipinski definition) is 1. The van der Waals surface area contributed by atoms with Gasteiger partial charge in [0.15, 0.2) is 0 Å². The van der Waals surface area contributed by atoms with Crippen LogP contribution >= 0.6 is 0 Å². The largest absolute Gasteiger partial charge is 0.309 e. The predicted molar refractivity (Wildman–Crippen MR) is 223 cm³/mol. The van der Waals surface area contributed by atoms with Gasteiger partial charge in [-0.2, -0.15) is 0 Å². The summed E-state index contributed by atoms with van der Waals surface area (Å²) in [5.74, 6) is 0. The maximum absolute atomic E-state index is 5.23. The fourth-order valence-corrected chi connectivity index (χ4v) is 9.88. The second kappa shape index (κ2) is 11.0. The number of para-hydroxylation sites is 4. The smallest absolute Gasteiger partial charge is 0.0754 e. The van der Waals surface area contributed by atoms with E-state index in [4.69, 9.17) is 4.98 Å². The molecule has 0 saturated carbocycles. The van der Waals surface area contributed by atoms with E-state index in [0.29, 0.717) is 0 Å². The molecule has 12 rings (SSSR count). The van der Waals surface area contributed by atoms with Crippen LogP contribution in [0.15, 0.2) is 194 Å². The van der Waals surface area contributed by atoms with E-state index < -0.39 is 5.41 Å². The molecule has 8 aromatic carbocycles. The lowest BCUT2D eigenvalue weighted by molar-refractivity contribution is 0.748. The Kier molecular flexibility index (Phi) is 6.01. The molecule has 1 unspecified atom stereocenters. The summed E-state index contributed by atoms with van der Waals surface area (Å²) in [5.41, 5.74) is 19.1. The van der Waals surface area contributed by atoms with Gasteiger partial charge in [-0.3, -0.25) is 0 Å². The summed E-state index contributed by atoms with van der Waals surface area (Å²) < 4.78 is 2.51. The molecule has 1 atom stereocenters. The highest BCUT2D eigenvalue weighted by Crippen LogP contribution is 2.62. The molecule has 0 saturated heterocycles. The molecule has 1 aliphatic heterocycles. The van der Waals surface area contributed by atoms with Crippen LogP contribution < -0.4 is 0 Å². The molecule has 2 heteroatoms. The van der Waals surface area contributed by atoms with E-state index >= 15 is 0 Å². The van der Waals surface area contributed by atoms with Gasteiger partial charge < -0.3 is 4.57 Å². The minimum atomic E-state index is -0.482. The third kappa shape index (κ3) is 3.81. The van der Waals surface area contributed by atoms with E-state index in [0.717, 1.165) is 22.2 Å². The topological polar surface area (TPSA) is 17.8 Å². The van der Waals surface area contributed by atoms with Crippen molar-refractivity contribution in [2.24, 2.45) is 0 Å². The molecule has 0 radical (unpaired) electrons. The maximum Gasteiger partial charge on any atom is 0.0754 e. The summed E-state index contributed by atoms with van der Waals surface area (Å²) in [6.45, 7) is 0. The van der Waals surface area contributed by atoms with Gasteiger partial charge in [-0.25, -0.2) is 4.98 Å². The van der Waals surface area contributed by atoms with Crippen molar-refractivity contribution in [1.82, 2.24) is 9.55 Å². The Hall–Kier alpha value is -7.03. The van der Waals surface area contributed by atoms with Gasteiger partial charge in [0.05, 0.1) is 33.3 Å². The Bertz CT molecular complexity index is 3170. The lowest BCUT2D eigenvalue weighted by atomic mass is 9.65. The number of nitrogens with zero attached hydrogens (tertiary/aromatic N) is 2. The molecule has 2 nitrogen and oxygen atoms in total. The molecular weight excluding hydrogens is 653 g/mol. The van der Waals surface area contributed by atoms with Gasteiger partial charge in [0, 0.05) is 21.7 Å². The number of pyridine rings is 1. The van der Waals surface area contributed by atoms with Gasteiger partial charge in [-0.05, 0) is 86.0 Å². The predicted octanol–water partition coefficient (Wildman–Crippen LogP) is 13.0. The van der Waals surface area contributed by atoms with Crippen molar-refractivity contribution in [2.75, 3.05) is 0 Å². The highest BCUT2D eigenvalue weighted by atomic mass is 15.0. The number of rotatable bonds is 3. The average molecular weight is 685 g/mol. The third-order valence-corrected chi connectivity index (χ3v) is 12.0. The Balaban J connectivity index is 1.12. The summed E-state index contributed by atoms with van der Waals surface area (Å²) in [6, 6.07) is 71.3. The molecule has 0 fully saturated rings. The molecule has 250 valence electrons. The van der Waals surface area contributed by atoms with Crippen LogP contribution in [-0.4, -0.2) is 9.55 Å². The van der Waals surface area contributed by atoms with Gasteiger partial charge in [0.25, 0.3) is 0 Å². The maximum atomic E-state index is 5.23. The molecule has 54 heavy (non-hydrogen) atoms. The molecule has 0 bridgehead atoms. The van der Waals surface area contributed by atoms with E-state index in [2.05, 4.69) is 199 Å². The van der Waals surface area contributed by atoms with Crippen molar-refractivity contribution in [2.45, 2.75) is 5.41 Å². The van der Waals surface area contributed by atoms with Crippen molar-refractivity contribution in [3.8, 4) is 50.3 Å². The first-order valence-corrected chi connectivity index (χ1v) is 18.7. The molecule has 2 aromatic heterocycles. The monoisotopic (exact) mass is 684 g/mol. The Morgan fingerprint density at radius 1 is 0.389 bits per heavy atom. The van der Waals surface area contributed by atoms with Crippen LogP contribution in [0.1, 0.15) is 22.3 Å². The number of benzene rings is 8. The SMILES string of the molecule is c1ccc(-c2cc(-c3cccc(-c4cccc5c4-c4ccccc4C54c5ccccc5-n5c6ccccc6c6cccc4c65)c3)nc3ccccc23)cc1. The lowest BCUT2D eigenvalue weighted by Crippen LogP contribution is -2.33. The Labute approximate surface area is 313 Å². The molecule has 0 amide bonds. The van der Waals surface area contributed by atoms with Crippen LogP contribution in [0, 0.1) is 0 Å². The standard InChI is InChI=1S/C52H32N2/c1-2-15-33(16-3-1)41-32-47(53-46-28-9-5-19-37(41)46)35-18-12-17-34(31-35)36-22-13-26-44-50(36)40-21-4-7-24-42(40)52(44)43-25-8-11-30-49(43)54-48-29-10-6-20-38(48)39-23-14-27-45(52)51(39)54/h1-32H. The van der Waals surface area contributed by atoms with Gasteiger partial charge in [0.1, 0.15) is 0 Å². The highest BCUT2D eigenvalue weighted by molar-refractivity contribution is 6.13. The molecule has 1 spiro atoms. The van der Waals surface area contributed by atoms with Gasteiger partial charge in [-0.1, -0.05) is 164 Å². The molecule has 2 aliphatic rings. The number of hydrogen-bond donors (Lipinski definition) is 0. The van der Waals surface area contributed by atoms with Crippen molar-refractivity contribution in [3.63, 3.8) is 0 Å². The zero-order valence-electron chi connectivity index (χ0n) is 29.4. The molecule has 3 heterocycles. The zero-order valence-corrected chi connectivity index (χ0v) is 29.4. The zero-order chi connectivity index (χ0) is 35.4. The fourth-order valence-electron chi connectivity index (χ4n) is 9.88. The van der Waals surface area contributed by atoms with E-state index in [1.165, 1.54) is 83.1 Å². The van der Waals surface area contributed by atoms with Crippen LogP contribution in [0.2, 0.25) is 0 Å². The minimum absolute atomic E-state index is 0.482. The second-order valence-electron chi connectivity index (χ2n) is 14.6. The van der Waals surface area contributed by atoms with Crippen LogP contribution in [-0.2, 0) is 5.41 Å². The summed E-state index contributed by atoms with van der Waals surface area (Å²) in [5, 5.41) is 3.74. The van der Waals surface area contributed by atoms with Crippen molar-refractivity contribution >= 4 is 32.7 Å². The van der Waals surface area contributed by atoms with Gasteiger partial charge in [-0.15, -0.1) is 0 Å². The number of aromatic nitrogens is 2. The summed E-state index contributed by atoms with van der Waals surface area (Å²) in [4.78, 5) is 5.23. The van der Waals surface area contributed by atoms with Gasteiger partial charge in [0.2, 0.25) is 0 Å². The molecule has 1 aliphatic carbocycles. The molecule has 0 N–H and O–H groups in total. The minimum Gasteiger partial charge on any atom is -0.309 e. The summed E-state index contributed by atoms with van der Waals surface area (Å²) in [7, 11) is 0. The first-order valence-electron chi connectivity index (χ1n) is 18.7. The van der Waals surface area contributed by atoms with E-state index in [1.54, 1.807) is 0 Å². The van der Waals surface area contributed by atoms with Crippen LogP contribution in [0.5, 0.6) is 0 Å². The first-order chi connectivity index (χ1) is 26.8. The number of fused-ring (bicyclic) bond motifs is 13. The Morgan fingerprint density at radius 2 is 1.02 bits per heavy atom. The quantitative estimate of drug-likeness (QED) is 0.181. The van der Waals surface area contributed by atoms with Gasteiger partial charge >= 0.3 is 0 Å². The highest BCUT2D eigenvalue weighted by Gasteiger charge is 2.51. The first kappa shape index (κ1) is 29.5. The molecular formula is C52H32N2. The van der Waals surface area contributed by atoms with Crippen LogP contribution in [0.3, 0.4) is 0 Å². The van der Waals surface area contributed by atoms with E-state index in [9.17, 15) is 0 Å². The normalized spacial score (nSPS) is 15.1. The van der Waals surface area contributed by atoms with E-state index in [-0.39, 0.29) is 0 Å². The summed E-state index contributed by atoms with van der Waals surface area (Å²) >= 11 is 0. The lowest BCUT2D eigenvalue weighted by Gasteiger charge is -2.39. The van der Waals surface area contributed by atoms with Crippen molar-refractivity contribution in [3.05, 3.63) is 216 Å². The van der Waals surface area contributed by atoms with Crippen molar-refractivity contribution < 1.29 is 0 Å². The average Bonchev–Trinajstić information content (AvgIpc) is 3.74. The van der Waals surface area contributed by atoms with E-state index in [1.807, 2.05) is 0 Å².